The molecule has 2 aromatic carbocycles. The highest BCUT2D eigenvalue weighted by atomic mass is 35.5. The van der Waals surface area contributed by atoms with E-state index in [0.29, 0.717) is 17.7 Å². The summed E-state index contributed by atoms with van der Waals surface area (Å²) in [5.41, 5.74) is 4.12. The molecule has 1 aliphatic rings. The molecule has 0 unspecified atom stereocenters. The fourth-order valence-corrected chi connectivity index (χ4v) is 3.30. The van der Waals surface area contributed by atoms with E-state index in [2.05, 4.69) is 11.4 Å². The van der Waals surface area contributed by atoms with Crippen LogP contribution in [0.25, 0.3) is 0 Å². The summed E-state index contributed by atoms with van der Waals surface area (Å²) < 4.78 is 0. The summed E-state index contributed by atoms with van der Waals surface area (Å²) in [7, 11) is 0. The molecule has 2 aromatic rings. The Morgan fingerprint density at radius 1 is 1.10 bits per heavy atom. The van der Waals surface area contributed by atoms with Gasteiger partial charge in [0.2, 0.25) is 0 Å². The predicted octanol–water partition coefficient (Wildman–Crippen LogP) is 5.02. The molecular formula is C18H20ClNO. The van der Waals surface area contributed by atoms with Crippen molar-refractivity contribution >= 4 is 17.3 Å². The van der Waals surface area contributed by atoms with Crippen LogP contribution in [0.2, 0.25) is 5.02 Å². The van der Waals surface area contributed by atoms with Crippen molar-refractivity contribution in [3.05, 3.63) is 58.1 Å². The van der Waals surface area contributed by atoms with Crippen molar-refractivity contribution in [1.82, 2.24) is 0 Å². The summed E-state index contributed by atoms with van der Waals surface area (Å²) in [5, 5.41) is 14.4. The van der Waals surface area contributed by atoms with Gasteiger partial charge in [-0.25, -0.2) is 0 Å². The van der Waals surface area contributed by atoms with Crippen LogP contribution in [0, 0.1) is 13.8 Å². The van der Waals surface area contributed by atoms with Crippen molar-refractivity contribution in [1.29, 1.82) is 0 Å². The molecule has 0 saturated heterocycles. The van der Waals surface area contributed by atoms with Crippen LogP contribution < -0.4 is 5.32 Å². The minimum absolute atomic E-state index is 0.391. The van der Waals surface area contributed by atoms with Crippen LogP contribution in [0.1, 0.15) is 35.4 Å². The van der Waals surface area contributed by atoms with Crippen LogP contribution in [0.4, 0.5) is 5.69 Å². The Morgan fingerprint density at radius 2 is 1.81 bits per heavy atom. The number of hydrogen-bond donors (Lipinski definition) is 2. The van der Waals surface area contributed by atoms with E-state index < -0.39 is 0 Å². The second-order valence-electron chi connectivity index (χ2n) is 5.93. The van der Waals surface area contributed by atoms with Crippen LogP contribution in [0.5, 0.6) is 5.75 Å². The summed E-state index contributed by atoms with van der Waals surface area (Å²) in [5.74, 6) is 0.928. The Labute approximate surface area is 130 Å². The van der Waals surface area contributed by atoms with Crippen LogP contribution >= 0.6 is 11.6 Å². The fourth-order valence-electron chi connectivity index (χ4n) is 3.01. The van der Waals surface area contributed by atoms with Gasteiger partial charge >= 0.3 is 0 Å². The number of aromatic hydroxyl groups is 1. The van der Waals surface area contributed by atoms with Gasteiger partial charge in [-0.15, -0.1) is 0 Å². The molecule has 1 aliphatic carbocycles. The second kappa shape index (κ2) is 5.61. The number of benzene rings is 2. The van der Waals surface area contributed by atoms with E-state index in [1.54, 1.807) is 0 Å². The molecule has 0 spiro atoms. The molecule has 110 valence electrons. The van der Waals surface area contributed by atoms with E-state index in [-0.39, 0.29) is 0 Å². The number of rotatable bonds is 3. The molecular weight excluding hydrogens is 282 g/mol. The normalized spacial score (nSPS) is 20.9. The lowest BCUT2D eigenvalue weighted by molar-refractivity contribution is 0.374. The van der Waals surface area contributed by atoms with Crippen molar-refractivity contribution in [2.75, 3.05) is 5.32 Å². The third kappa shape index (κ3) is 2.73. The van der Waals surface area contributed by atoms with Crippen LogP contribution in [0.15, 0.2) is 36.4 Å². The summed E-state index contributed by atoms with van der Waals surface area (Å²) in [6, 6.07) is 12.5. The van der Waals surface area contributed by atoms with E-state index in [9.17, 15) is 5.11 Å². The predicted molar refractivity (Wildman–Crippen MR) is 88.4 cm³/mol. The molecule has 0 heterocycles. The van der Waals surface area contributed by atoms with Crippen molar-refractivity contribution in [3.63, 3.8) is 0 Å². The molecule has 21 heavy (non-hydrogen) atoms. The van der Waals surface area contributed by atoms with Crippen molar-refractivity contribution in [3.8, 4) is 5.75 Å². The molecule has 0 atom stereocenters. The van der Waals surface area contributed by atoms with Crippen molar-refractivity contribution < 1.29 is 5.11 Å². The minimum atomic E-state index is 0.391. The van der Waals surface area contributed by atoms with Gasteiger partial charge in [0, 0.05) is 22.3 Å². The van der Waals surface area contributed by atoms with Gasteiger partial charge in [-0.3, -0.25) is 0 Å². The largest absolute Gasteiger partial charge is 0.507 e. The number of phenols is 1. The second-order valence-corrected chi connectivity index (χ2v) is 6.34. The Morgan fingerprint density at radius 3 is 2.52 bits per heavy atom. The Hall–Kier alpha value is -1.67. The SMILES string of the molecule is Cc1ccc(NC2CC(c3ccccc3Cl)C2)c(C)c1O. The zero-order valence-corrected chi connectivity index (χ0v) is 13.1. The van der Waals surface area contributed by atoms with E-state index in [0.717, 1.165) is 34.7 Å². The van der Waals surface area contributed by atoms with Crippen LogP contribution in [-0.4, -0.2) is 11.1 Å². The van der Waals surface area contributed by atoms with E-state index in [1.807, 2.05) is 44.2 Å². The van der Waals surface area contributed by atoms with Gasteiger partial charge in [-0.2, -0.15) is 0 Å². The average molecular weight is 302 g/mol. The summed E-state index contributed by atoms with van der Waals surface area (Å²) in [4.78, 5) is 0. The number of halogens is 1. The fraction of sp³-hybridized carbons (Fsp3) is 0.333. The number of nitrogens with one attached hydrogen (secondary N) is 1. The molecule has 2 N–H and O–H groups in total. The van der Waals surface area contributed by atoms with Gasteiger partial charge < -0.3 is 10.4 Å². The van der Waals surface area contributed by atoms with Crippen molar-refractivity contribution in [2.24, 2.45) is 0 Å². The van der Waals surface area contributed by atoms with Gasteiger partial charge in [-0.05, 0) is 55.9 Å². The van der Waals surface area contributed by atoms with Crippen LogP contribution in [-0.2, 0) is 0 Å². The topological polar surface area (TPSA) is 32.3 Å². The zero-order chi connectivity index (χ0) is 15.0. The monoisotopic (exact) mass is 301 g/mol. The Kier molecular flexibility index (Phi) is 3.81. The first-order valence-electron chi connectivity index (χ1n) is 7.36. The number of aryl methyl sites for hydroxylation is 1. The third-order valence-electron chi connectivity index (χ3n) is 4.48. The minimum Gasteiger partial charge on any atom is -0.507 e. The highest BCUT2D eigenvalue weighted by Crippen LogP contribution is 2.42. The van der Waals surface area contributed by atoms with Gasteiger partial charge in [0.1, 0.15) is 5.75 Å². The van der Waals surface area contributed by atoms with E-state index in [4.69, 9.17) is 11.6 Å². The molecule has 0 amide bonds. The molecule has 3 rings (SSSR count). The summed E-state index contributed by atoms with van der Waals surface area (Å²) >= 11 is 6.25. The lowest BCUT2D eigenvalue weighted by Gasteiger charge is -2.37. The highest BCUT2D eigenvalue weighted by Gasteiger charge is 2.31. The lowest BCUT2D eigenvalue weighted by Crippen LogP contribution is -2.34. The quantitative estimate of drug-likeness (QED) is 0.834. The summed E-state index contributed by atoms with van der Waals surface area (Å²) in [6.45, 7) is 3.87. The molecule has 1 fully saturated rings. The smallest absolute Gasteiger partial charge is 0.123 e. The van der Waals surface area contributed by atoms with Crippen molar-refractivity contribution in [2.45, 2.75) is 38.6 Å². The maximum atomic E-state index is 10.00. The molecule has 2 nitrogen and oxygen atoms in total. The lowest BCUT2D eigenvalue weighted by atomic mass is 9.75. The number of hydrogen-bond acceptors (Lipinski definition) is 2. The van der Waals surface area contributed by atoms with E-state index >= 15 is 0 Å². The first kappa shape index (κ1) is 14.3. The zero-order valence-electron chi connectivity index (χ0n) is 12.4. The Bertz CT molecular complexity index is 662. The van der Waals surface area contributed by atoms with Gasteiger partial charge in [0.05, 0.1) is 0 Å². The first-order chi connectivity index (χ1) is 10.1. The van der Waals surface area contributed by atoms with Gasteiger partial charge in [0.25, 0.3) is 0 Å². The van der Waals surface area contributed by atoms with E-state index in [1.165, 1.54) is 5.56 Å². The Balaban J connectivity index is 1.66. The van der Waals surface area contributed by atoms with Crippen LogP contribution in [0.3, 0.4) is 0 Å². The third-order valence-corrected chi connectivity index (χ3v) is 4.82. The molecule has 0 bridgehead atoms. The summed E-state index contributed by atoms with van der Waals surface area (Å²) in [6.07, 6.45) is 2.16. The highest BCUT2D eigenvalue weighted by molar-refractivity contribution is 6.31. The molecule has 0 radical (unpaired) electrons. The maximum absolute atomic E-state index is 10.00. The first-order valence-corrected chi connectivity index (χ1v) is 7.74. The molecule has 0 aromatic heterocycles. The average Bonchev–Trinajstić information content (AvgIpc) is 2.43. The maximum Gasteiger partial charge on any atom is 0.123 e. The molecule has 3 heteroatoms. The van der Waals surface area contributed by atoms with Gasteiger partial charge in [-0.1, -0.05) is 35.9 Å². The molecule has 1 saturated carbocycles. The molecule has 0 aliphatic heterocycles. The van der Waals surface area contributed by atoms with Gasteiger partial charge in [0.15, 0.2) is 0 Å². The standard InChI is InChI=1S/C18H20ClNO/c1-11-7-8-17(12(2)18(11)21)20-14-9-13(10-14)15-5-3-4-6-16(15)19/h3-8,13-14,20-21H,9-10H2,1-2H3. The number of anilines is 1. The number of phenolic OH excluding ortho intramolecular Hbond substituents is 1.